The number of aryl methyl sites for hydroxylation is 1. The molecule has 0 atom stereocenters. The molecule has 0 amide bonds. The van der Waals surface area contributed by atoms with Crippen LogP contribution in [0.3, 0.4) is 0 Å². The minimum atomic E-state index is 0.407. The van der Waals surface area contributed by atoms with Crippen LogP contribution in [0.4, 0.5) is 0 Å². The molecule has 1 aromatic carbocycles. The average molecular weight is 171 g/mol. The summed E-state index contributed by atoms with van der Waals surface area (Å²) in [5, 5.41) is 9.70. The van der Waals surface area contributed by atoms with Crippen LogP contribution in [0, 0.1) is 18.3 Å². The second-order valence-electron chi connectivity index (χ2n) is 3.05. The summed E-state index contributed by atoms with van der Waals surface area (Å²) in [6.45, 7) is 2.00. The van der Waals surface area contributed by atoms with E-state index in [4.69, 9.17) is 9.68 Å². The Bertz CT molecular complexity index is 476. The minimum absolute atomic E-state index is 0.407. The third-order valence-electron chi connectivity index (χ3n) is 2.14. The zero-order valence-electron chi connectivity index (χ0n) is 7.37. The van der Waals surface area contributed by atoms with Gasteiger partial charge in [0.2, 0.25) is 0 Å². The van der Waals surface area contributed by atoms with Gasteiger partial charge in [0.1, 0.15) is 5.58 Å². The summed E-state index contributed by atoms with van der Waals surface area (Å²) >= 11 is 0. The van der Waals surface area contributed by atoms with Crippen molar-refractivity contribution >= 4 is 11.0 Å². The summed E-state index contributed by atoms with van der Waals surface area (Å²) in [7, 11) is 0. The molecule has 0 fully saturated rings. The van der Waals surface area contributed by atoms with Crippen molar-refractivity contribution in [2.75, 3.05) is 0 Å². The third kappa shape index (κ3) is 1.19. The molecule has 0 unspecified atom stereocenters. The number of hydrogen-bond acceptors (Lipinski definition) is 2. The largest absolute Gasteiger partial charge is 0.464 e. The van der Waals surface area contributed by atoms with Crippen molar-refractivity contribution in [3.8, 4) is 6.07 Å². The summed E-state index contributed by atoms with van der Waals surface area (Å²) in [5.74, 6) is 0. The van der Waals surface area contributed by atoms with Gasteiger partial charge in [0.15, 0.2) is 0 Å². The van der Waals surface area contributed by atoms with Crippen molar-refractivity contribution in [1.82, 2.24) is 0 Å². The van der Waals surface area contributed by atoms with Crippen molar-refractivity contribution < 1.29 is 4.42 Å². The summed E-state index contributed by atoms with van der Waals surface area (Å²) in [6.07, 6.45) is 2.13. The molecule has 64 valence electrons. The van der Waals surface area contributed by atoms with E-state index >= 15 is 0 Å². The molecule has 0 saturated heterocycles. The summed E-state index contributed by atoms with van der Waals surface area (Å²) in [6, 6.07) is 8.02. The Kier molecular flexibility index (Phi) is 1.79. The molecule has 0 aliphatic rings. The van der Waals surface area contributed by atoms with Crippen LogP contribution < -0.4 is 0 Å². The van der Waals surface area contributed by atoms with Gasteiger partial charge in [0.05, 0.1) is 18.8 Å². The first kappa shape index (κ1) is 7.88. The Labute approximate surface area is 76.4 Å². The maximum Gasteiger partial charge on any atom is 0.138 e. The van der Waals surface area contributed by atoms with E-state index in [2.05, 4.69) is 6.07 Å². The van der Waals surface area contributed by atoms with Gasteiger partial charge in [-0.1, -0.05) is 18.2 Å². The predicted octanol–water partition coefficient (Wildman–Crippen LogP) is 2.81. The Morgan fingerprint density at radius 2 is 2.31 bits per heavy atom. The Balaban J connectivity index is 2.71. The fourth-order valence-corrected chi connectivity index (χ4v) is 1.47. The first-order valence-corrected chi connectivity index (χ1v) is 4.15. The highest BCUT2D eigenvalue weighted by Crippen LogP contribution is 2.23. The zero-order valence-corrected chi connectivity index (χ0v) is 7.37. The van der Waals surface area contributed by atoms with Gasteiger partial charge >= 0.3 is 0 Å². The van der Waals surface area contributed by atoms with E-state index in [0.29, 0.717) is 6.42 Å². The number of benzene rings is 1. The molecule has 2 aromatic rings. The van der Waals surface area contributed by atoms with E-state index in [-0.39, 0.29) is 0 Å². The van der Waals surface area contributed by atoms with E-state index < -0.39 is 0 Å². The van der Waals surface area contributed by atoms with Crippen LogP contribution in [0.1, 0.15) is 11.1 Å². The van der Waals surface area contributed by atoms with Crippen LogP contribution in [0.2, 0.25) is 0 Å². The number of para-hydroxylation sites is 1. The number of nitrogens with zero attached hydrogens (tertiary/aromatic N) is 1. The number of fused-ring (bicyclic) bond motifs is 1. The topological polar surface area (TPSA) is 36.9 Å². The van der Waals surface area contributed by atoms with Gasteiger partial charge in [-0.2, -0.15) is 5.26 Å². The average Bonchev–Trinajstić information content (AvgIpc) is 2.50. The van der Waals surface area contributed by atoms with Gasteiger partial charge in [-0.05, 0) is 12.5 Å². The monoisotopic (exact) mass is 171 g/mol. The van der Waals surface area contributed by atoms with Crippen LogP contribution >= 0.6 is 0 Å². The van der Waals surface area contributed by atoms with Crippen LogP contribution in [0.25, 0.3) is 11.0 Å². The third-order valence-corrected chi connectivity index (χ3v) is 2.14. The molecule has 0 spiro atoms. The molecule has 0 aliphatic heterocycles. The number of rotatable bonds is 1. The number of hydrogen-bond donors (Lipinski definition) is 0. The Hall–Kier alpha value is -1.75. The molecule has 2 heteroatoms. The van der Waals surface area contributed by atoms with Crippen molar-refractivity contribution in [3.05, 3.63) is 35.6 Å². The smallest absolute Gasteiger partial charge is 0.138 e. The maximum atomic E-state index is 8.59. The van der Waals surface area contributed by atoms with E-state index in [9.17, 15) is 0 Å². The van der Waals surface area contributed by atoms with Crippen molar-refractivity contribution in [1.29, 1.82) is 5.26 Å². The molecule has 1 aromatic heterocycles. The van der Waals surface area contributed by atoms with E-state index in [0.717, 1.165) is 22.1 Å². The lowest BCUT2D eigenvalue weighted by molar-refractivity contribution is 0.609. The standard InChI is InChI=1S/C11H9NO/c1-8-7-13-11-9(5-6-12)3-2-4-10(8)11/h2-4,7H,5H2,1H3. The van der Waals surface area contributed by atoms with Crippen LogP contribution in [0.15, 0.2) is 28.9 Å². The van der Waals surface area contributed by atoms with E-state index in [1.54, 1.807) is 6.26 Å². The summed E-state index contributed by atoms with van der Waals surface area (Å²) in [5.41, 5.74) is 2.93. The van der Waals surface area contributed by atoms with Crippen LogP contribution in [-0.2, 0) is 6.42 Å². The van der Waals surface area contributed by atoms with Gasteiger partial charge < -0.3 is 4.42 Å². The van der Waals surface area contributed by atoms with Crippen molar-refractivity contribution in [2.24, 2.45) is 0 Å². The predicted molar refractivity (Wildman–Crippen MR) is 50.3 cm³/mol. The molecule has 2 rings (SSSR count). The fraction of sp³-hybridized carbons (Fsp3) is 0.182. The molecule has 0 N–H and O–H groups in total. The second-order valence-corrected chi connectivity index (χ2v) is 3.05. The molecule has 0 saturated carbocycles. The molecular formula is C11H9NO. The minimum Gasteiger partial charge on any atom is -0.464 e. The van der Waals surface area contributed by atoms with Gasteiger partial charge in [-0.15, -0.1) is 0 Å². The van der Waals surface area contributed by atoms with E-state index in [1.807, 2.05) is 25.1 Å². The van der Waals surface area contributed by atoms with Crippen molar-refractivity contribution in [3.63, 3.8) is 0 Å². The Morgan fingerprint density at radius 3 is 3.08 bits per heavy atom. The molecule has 0 radical (unpaired) electrons. The van der Waals surface area contributed by atoms with Gasteiger partial charge in [-0.3, -0.25) is 0 Å². The lowest BCUT2D eigenvalue weighted by atomic mass is 10.1. The van der Waals surface area contributed by atoms with Gasteiger partial charge in [-0.25, -0.2) is 0 Å². The highest BCUT2D eigenvalue weighted by atomic mass is 16.3. The Morgan fingerprint density at radius 1 is 1.46 bits per heavy atom. The lowest BCUT2D eigenvalue weighted by Crippen LogP contribution is -1.81. The van der Waals surface area contributed by atoms with Gasteiger partial charge in [0.25, 0.3) is 0 Å². The molecule has 13 heavy (non-hydrogen) atoms. The van der Waals surface area contributed by atoms with Crippen molar-refractivity contribution in [2.45, 2.75) is 13.3 Å². The fourth-order valence-electron chi connectivity index (χ4n) is 1.47. The first-order valence-electron chi connectivity index (χ1n) is 4.15. The normalized spacial score (nSPS) is 10.2. The molecule has 0 aliphatic carbocycles. The van der Waals surface area contributed by atoms with Gasteiger partial charge in [0, 0.05) is 10.9 Å². The summed E-state index contributed by atoms with van der Waals surface area (Å²) < 4.78 is 5.38. The number of nitriles is 1. The number of furan rings is 1. The highest BCUT2D eigenvalue weighted by Gasteiger charge is 2.05. The molecule has 0 bridgehead atoms. The van der Waals surface area contributed by atoms with E-state index in [1.165, 1.54) is 0 Å². The van der Waals surface area contributed by atoms with Crippen LogP contribution in [0.5, 0.6) is 0 Å². The maximum absolute atomic E-state index is 8.59. The molecule has 1 heterocycles. The molecule has 2 nitrogen and oxygen atoms in total. The highest BCUT2D eigenvalue weighted by molar-refractivity contribution is 5.83. The zero-order chi connectivity index (χ0) is 9.26. The summed E-state index contributed by atoms with van der Waals surface area (Å²) in [4.78, 5) is 0. The lowest BCUT2D eigenvalue weighted by Gasteiger charge is -1.95. The molecular weight excluding hydrogens is 162 g/mol. The quantitative estimate of drug-likeness (QED) is 0.661. The second kappa shape index (κ2) is 2.95. The van der Waals surface area contributed by atoms with Crippen LogP contribution in [-0.4, -0.2) is 0 Å². The first-order chi connectivity index (χ1) is 6.33. The SMILES string of the molecule is Cc1coc2c(CC#N)cccc12.